The Balaban J connectivity index is 2.90. The second-order valence-corrected chi connectivity index (χ2v) is 2.20. The number of aromatic nitrogens is 3. The summed E-state index contributed by atoms with van der Waals surface area (Å²) in [5, 5.41) is 2.97. The van der Waals surface area contributed by atoms with Gasteiger partial charge >= 0.3 is 0 Å². The fourth-order valence-electron chi connectivity index (χ4n) is 0.784. The molecular formula is C6H12N6. The van der Waals surface area contributed by atoms with Crippen molar-refractivity contribution in [1.82, 2.24) is 15.0 Å². The molecule has 0 unspecified atom stereocenters. The number of nitrogens with two attached hydrogens (primary N) is 1. The molecule has 0 aliphatic carbocycles. The summed E-state index contributed by atoms with van der Waals surface area (Å²) in [7, 11) is 0. The second kappa shape index (κ2) is 3.82. The first kappa shape index (κ1) is 8.66. The second-order valence-electron chi connectivity index (χ2n) is 2.20. The highest BCUT2D eigenvalue weighted by molar-refractivity contribution is 5.32. The molecule has 0 aromatic carbocycles. The SMILES string of the molecule is CCNc1nc(C)nc(NN)n1. The molecule has 6 nitrogen and oxygen atoms in total. The lowest BCUT2D eigenvalue weighted by molar-refractivity contribution is 0.956. The van der Waals surface area contributed by atoms with Crippen molar-refractivity contribution in [2.24, 2.45) is 5.84 Å². The molecule has 4 N–H and O–H groups in total. The third-order valence-electron chi connectivity index (χ3n) is 1.21. The Kier molecular flexibility index (Phi) is 2.76. The van der Waals surface area contributed by atoms with Crippen LogP contribution in [0.2, 0.25) is 0 Å². The van der Waals surface area contributed by atoms with Crippen molar-refractivity contribution in [3.05, 3.63) is 5.82 Å². The lowest BCUT2D eigenvalue weighted by Gasteiger charge is -2.03. The summed E-state index contributed by atoms with van der Waals surface area (Å²) in [6, 6.07) is 0. The minimum absolute atomic E-state index is 0.374. The van der Waals surface area contributed by atoms with Gasteiger partial charge < -0.3 is 5.32 Å². The van der Waals surface area contributed by atoms with Crippen LogP contribution in [0, 0.1) is 6.92 Å². The first-order valence-corrected chi connectivity index (χ1v) is 3.69. The number of rotatable bonds is 3. The maximum Gasteiger partial charge on any atom is 0.242 e. The van der Waals surface area contributed by atoms with Crippen LogP contribution >= 0.6 is 0 Å². The highest BCUT2D eigenvalue weighted by Crippen LogP contribution is 2.02. The summed E-state index contributed by atoms with van der Waals surface area (Å²) < 4.78 is 0. The van der Waals surface area contributed by atoms with Crippen molar-refractivity contribution in [1.29, 1.82) is 0 Å². The van der Waals surface area contributed by atoms with Crippen molar-refractivity contribution in [3.63, 3.8) is 0 Å². The molecular weight excluding hydrogens is 156 g/mol. The number of aryl methyl sites for hydroxylation is 1. The van der Waals surface area contributed by atoms with Gasteiger partial charge in [-0.05, 0) is 13.8 Å². The molecule has 0 aliphatic rings. The molecule has 0 spiro atoms. The van der Waals surface area contributed by atoms with Crippen LogP contribution in [0.15, 0.2) is 0 Å². The van der Waals surface area contributed by atoms with Gasteiger partial charge in [-0.2, -0.15) is 15.0 Å². The van der Waals surface area contributed by atoms with E-state index in [1.54, 1.807) is 6.92 Å². The molecule has 0 bridgehead atoms. The predicted molar refractivity (Wildman–Crippen MR) is 46.5 cm³/mol. The van der Waals surface area contributed by atoms with E-state index in [0.29, 0.717) is 17.7 Å². The molecule has 1 heterocycles. The van der Waals surface area contributed by atoms with Gasteiger partial charge in [-0.1, -0.05) is 0 Å². The first-order chi connectivity index (χ1) is 5.76. The summed E-state index contributed by atoms with van der Waals surface area (Å²) in [5.74, 6) is 6.70. The highest BCUT2D eigenvalue weighted by atomic mass is 15.3. The van der Waals surface area contributed by atoms with E-state index in [9.17, 15) is 0 Å². The molecule has 0 radical (unpaired) electrons. The largest absolute Gasteiger partial charge is 0.354 e. The van der Waals surface area contributed by atoms with Gasteiger partial charge in [0, 0.05) is 6.54 Å². The molecule has 0 amide bonds. The van der Waals surface area contributed by atoms with Gasteiger partial charge in [-0.3, -0.25) is 5.43 Å². The fourth-order valence-corrected chi connectivity index (χ4v) is 0.784. The predicted octanol–water partition coefficient (Wildman–Crippen LogP) is -0.103. The lowest BCUT2D eigenvalue weighted by Crippen LogP contribution is -2.14. The van der Waals surface area contributed by atoms with E-state index >= 15 is 0 Å². The van der Waals surface area contributed by atoms with Crippen LogP contribution in [-0.2, 0) is 0 Å². The molecule has 1 aromatic heterocycles. The van der Waals surface area contributed by atoms with Gasteiger partial charge in [-0.15, -0.1) is 0 Å². The van der Waals surface area contributed by atoms with E-state index in [1.807, 2.05) is 6.92 Å². The van der Waals surface area contributed by atoms with Crippen LogP contribution in [0.25, 0.3) is 0 Å². The van der Waals surface area contributed by atoms with Gasteiger partial charge in [0.25, 0.3) is 0 Å². The van der Waals surface area contributed by atoms with Crippen LogP contribution in [-0.4, -0.2) is 21.5 Å². The van der Waals surface area contributed by atoms with Gasteiger partial charge in [0.1, 0.15) is 5.82 Å². The number of nitrogen functional groups attached to an aromatic ring is 1. The molecule has 0 saturated carbocycles. The molecule has 6 heteroatoms. The van der Waals surface area contributed by atoms with Gasteiger partial charge in [0.05, 0.1) is 0 Å². The monoisotopic (exact) mass is 168 g/mol. The normalized spacial score (nSPS) is 9.58. The smallest absolute Gasteiger partial charge is 0.242 e. The quantitative estimate of drug-likeness (QED) is 0.431. The Hall–Kier alpha value is -1.43. The number of hydrogen-bond donors (Lipinski definition) is 3. The van der Waals surface area contributed by atoms with Crippen molar-refractivity contribution in [2.75, 3.05) is 17.3 Å². The third-order valence-corrected chi connectivity index (χ3v) is 1.21. The number of nitrogens with zero attached hydrogens (tertiary/aromatic N) is 3. The Morgan fingerprint density at radius 1 is 1.25 bits per heavy atom. The molecule has 1 rings (SSSR count). The fraction of sp³-hybridized carbons (Fsp3) is 0.500. The zero-order chi connectivity index (χ0) is 8.97. The lowest BCUT2D eigenvalue weighted by atomic mass is 10.6. The van der Waals surface area contributed by atoms with Crippen LogP contribution in [0.3, 0.4) is 0 Å². The average Bonchev–Trinajstić information content (AvgIpc) is 2.04. The van der Waals surface area contributed by atoms with Crippen LogP contribution in [0.1, 0.15) is 12.7 Å². The van der Waals surface area contributed by atoms with Crippen LogP contribution in [0.5, 0.6) is 0 Å². The van der Waals surface area contributed by atoms with Crippen molar-refractivity contribution < 1.29 is 0 Å². The third kappa shape index (κ3) is 2.03. The maximum atomic E-state index is 5.15. The van der Waals surface area contributed by atoms with Crippen molar-refractivity contribution in [3.8, 4) is 0 Å². The van der Waals surface area contributed by atoms with E-state index < -0.39 is 0 Å². The maximum absolute atomic E-state index is 5.15. The van der Waals surface area contributed by atoms with Crippen LogP contribution in [0.4, 0.5) is 11.9 Å². The minimum atomic E-state index is 0.374. The van der Waals surface area contributed by atoms with Crippen LogP contribution < -0.4 is 16.6 Å². The highest BCUT2D eigenvalue weighted by Gasteiger charge is 1.99. The number of nitrogens with one attached hydrogen (secondary N) is 2. The first-order valence-electron chi connectivity index (χ1n) is 3.69. The van der Waals surface area contributed by atoms with Gasteiger partial charge in [0.15, 0.2) is 0 Å². The van der Waals surface area contributed by atoms with E-state index in [0.717, 1.165) is 6.54 Å². The van der Waals surface area contributed by atoms with Gasteiger partial charge in [-0.25, -0.2) is 5.84 Å². The number of hydrazine groups is 1. The van der Waals surface area contributed by atoms with E-state index in [2.05, 4.69) is 25.7 Å². The summed E-state index contributed by atoms with van der Waals surface area (Å²) >= 11 is 0. The molecule has 0 atom stereocenters. The standard InChI is InChI=1S/C6H12N6/c1-3-8-5-9-4(2)10-6(11-5)12-7/h3,7H2,1-2H3,(H2,8,9,10,11,12). The van der Waals surface area contributed by atoms with Crippen molar-refractivity contribution >= 4 is 11.9 Å². The average molecular weight is 168 g/mol. The number of hydrogen-bond acceptors (Lipinski definition) is 6. The Morgan fingerprint density at radius 2 is 1.92 bits per heavy atom. The molecule has 66 valence electrons. The Morgan fingerprint density at radius 3 is 2.50 bits per heavy atom. The molecule has 0 aliphatic heterocycles. The minimum Gasteiger partial charge on any atom is -0.354 e. The zero-order valence-electron chi connectivity index (χ0n) is 7.13. The summed E-state index contributed by atoms with van der Waals surface area (Å²) in [5.41, 5.74) is 2.36. The molecule has 0 saturated heterocycles. The van der Waals surface area contributed by atoms with E-state index in [4.69, 9.17) is 5.84 Å². The Labute approximate surface area is 70.6 Å². The summed E-state index contributed by atoms with van der Waals surface area (Å²) in [4.78, 5) is 12.0. The molecule has 12 heavy (non-hydrogen) atoms. The van der Waals surface area contributed by atoms with E-state index in [-0.39, 0.29) is 0 Å². The topological polar surface area (TPSA) is 88.8 Å². The summed E-state index contributed by atoms with van der Waals surface area (Å²) in [6.07, 6.45) is 0. The Bertz CT molecular complexity index is 260. The molecule has 0 fully saturated rings. The number of anilines is 2. The molecule has 1 aromatic rings. The van der Waals surface area contributed by atoms with Gasteiger partial charge in [0.2, 0.25) is 11.9 Å². The van der Waals surface area contributed by atoms with Crippen molar-refractivity contribution in [2.45, 2.75) is 13.8 Å². The van der Waals surface area contributed by atoms with E-state index in [1.165, 1.54) is 0 Å². The summed E-state index contributed by atoms with van der Waals surface area (Å²) in [6.45, 7) is 4.52. The zero-order valence-corrected chi connectivity index (χ0v) is 7.13.